The number of carbonyl (C=O) groups is 5. The maximum Gasteiger partial charge on any atom is 0.315 e. The standard InChI is InChI=1S/C33H52N4O5/c1-5-33(16-10-7-11-17-33)36-31(42)35-26(22-12-8-6-9-13-22)30(41)37-19-23-25(32(23,3)4)27(37)29(40)34-24(18-21-14-15-21)28(39)20(2)38/h21-27H,5-19H2,1-4H3,(H,34,40)(H2,35,36,42)/t23-,24?,25-,26-,27-/m0/s1. The van der Waals surface area contributed by atoms with Crippen molar-refractivity contribution in [3.63, 3.8) is 0 Å². The zero-order valence-corrected chi connectivity index (χ0v) is 26.1. The van der Waals surface area contributed by atoms with E-state index in [-0.39, 0.29) is 46.6 Å². The lowest BCUT2D eigenvalue weighted by atomic mass is 9.80. The van der Waals surface area contributed by atoms with Gasteiger partial charge in [-0.2, -0.15) is 0 Å². The second-order valence-electron chi connectivity index (χ2n) is 14.7. The van der Waals surface area contributed by atoms with Crippen LogP contribution in [0.2, 0.25) is 0 Å². The minimum absolute atomic E-state index is 0.0121. The van der Waals surface area contributed by atoms with Crippen molar-refractivity contribution in [2.24, 2.45) is 29.1 Å². The van der Waals surface area contributed by atoms with Crippen LogP contribution in [0.4, 0.5) is 4.79 Å². The predicted molar refractivity (Wildman–Crippen MR) is 159 cm³/mol. The SMILES string of the molecule is CCC1(NC(=O)N[C@H](C(=O)N2C[C@H]3[C@@H]([C@H]2C(=O)NC(CC2CC2)C(=O)C(C)=O)C3(C)C)C2CCCCC2)CCCCC1. The lowest BCUT2D eigenvalue weighted by molar-refractivity contribution is -0.144. The molecule has 0 bridgehead atoms. The van der Waals surface area contributed by atoms with Gasteiger partial charge in [0.05, 0.1) is 6.04 Å². The summed E-state index contributed by atoms with van der Waals surface area (Å²) in [4.78, 5) is 68.2. The molecule has 0 aromatic carbocycles. The van der Waals surface area contributed by atoms with Crippen LogP contribution in [0.15, 0.2) is 0 Å². The number of amides is 4. The molecule has 0 radical (unpaired) electrons. The molecule has 1 unspecified atom stereocenters. The van der Waals surface area contributed by atoms with Crippen molar-refractivity contribution in [2.45, 2.75) is 141 Å². The minimum atomic E-state index is -0.848. The topological polar surface area (TPSA) is 125 Å². The smallest absolute Gasteiger partial charge is 0.315 e. The number of likely N-dealkylation sites (tertiary alicyclic amines) is 1. The quantitative estimate of drug-likeness (QED) is 0.313. The van der Waals surface area contributed by atoms with E-state index in [0.29, 0.717) is 18.9 Å². The fourth-order valence-corrected chi connectivity index (χ4v) is 8.48. The molecule has 234 valence electrons. The summed E-state index contributed by atoms with van der Waals surface area (Å²) in [5, 5.41) is 9.30. The molecule has 5 fully saturated rings. The molecular weight excluding hydrogens is 532 g/mol. The van der Waals surface area contributed by atoms with Crippen LogP contribution in [0.3, 0.4) is 0 Å². The highest BCUT2D eigenvalue weighted by atomic mass is 16.2. The largest absolute Gasteiger partial charge is 0.344 e. The number of nitrogens with one attached hydrogen (secondary N) is 3. The average molecular weight is 585 g/mol. The van der Waals surface area contributed by atoms with Gasteiger partial charge in [0.25, 0.3) is 0 Å². The van der Waals surface area contributed by atoms with E-state index in [2.05, 4.69) is 36.7 Å². The molecule has 42 heavy (non-hydrogen) atoms. The van der Waals surface area contributed by atoms with Crippen molar-refractivity contribution >= 4 is 29.4 Å². The van der Waals surface area contributed by atoms with Crippen LogP contribution >= 0.6 is 0 Å². The van der Waals surface area contributed by atoms with Gasteiger partial charge in [-0.3, -0.25) is 19.2 Å². The zero-order chi connectivity index (χ0) is 30.2. The first-order valence-electron chi connectivity index (χ1n) is 16.7. The van der Waals surface area contributed by atoms with Gasteiger partial charge in [0.2, 0.25) is 17.6 Å². The second-order valence-corrected chi connectivity index (χ2v) is 14.7. The Hall–Kier alpha value is -2.45. The van der Waals surface area contributed by atoms with E-state index in [1.807, 2.05) is 0 Å². The van der Waals surface area contributed by atoms with E-state index in [1.54, 1.807) is 4.90 Å². The van der Waals surface area contributed by atoms with E-state index < -0.39 is 29.7 Å². The normalized spacial score (nSPS) is 29.5. The average Bonchev–Trinajstić information content (AvgIpc) is 3.83. The fourth-order valence-electron chi connectivity index (χ4n) is 8.48. The van der Waals surface area contributed by atoms with Crippen LogP contribution in [0.25, 0.3) is 0 Å². The van der Waals surface area contributed by atoms with Gasteiger partial charge < -0.3 is 20.9 Å². The van der Waals surface area contributed by atoms with Gasteiger partial charge in [-0.1, -0.05) is 72.1 Å². The first-order chi connectivity index (χ1) is 20.0. The van der Waals surface area contributed by atoms with Gasteiger partial charge >= 0.3 is 6.03 Å². The molecule has 4 aliphatic carbocycles. The van der Waals surface area contributed by atoms with Crippen molar-refractivity contribution in [2.75, 3.05) is 6.54 Å². The predicted octanol–water partition coefficient (Wildman–Crippen LogP) is 4.27. The van der Waals surface area contributed by atoms with Crippen LogP contribution in [0.1, 0.15) is 118 Å². The Bertz CT molecular complexity index is 1070. The van der Waals surface area contributed by atoms with Crippen LogP contribution < -0.4 is 16.0 Å². The Morgan fingerprint density at radius 3 is 2.12 bits per heavy atom. The Balaban J connectivity index is 1.35. The molecule has 1 saturated heterocycles. The Morgan fingerprint density at radius 1 is 0.881 bits per heavy atom. The third-order valence-corrected chi connectivity index (χ3v) is 11.5. The number of nitrogens with zero attached hydrogens (tertiary/aromatic N) is 1. The van der Waals surface area contributed by atoms with Gasteiger partial charge in [0, 0.05) is 19.0 Å². The van der Waals surface area contributed by atoms with E-state index >= 15 is 0 Å². The summed E-state index contributed by atoms with van der Waals surface area (Å²) >= 11 is 0. The molecule has 5 aliphatic rings. The highest BCUT2D eigenvalue weighted by Gasteiger charge is 2.69. The molecule has 0 aromatic heterocycles. The van der Waals surface area contributed by atoms with Gasteiger partial charge in [0.15, 0.2) is 5.78 Å². The fraction of sp³-hybridized carbons (Fsp3) is 0.848. The zero-order valence-electron chi connectivity index (χ0n) is 26.1. The third kappa shape index (κ3) is 6.40. The number of piperidine rings is 1. The number of urea groups is 1. The number of ketones is 2. The highest BCUT2D eigenvalue weighted by molar-refractivity contribution is 6.38. The first-order valence-corrected chi connectivity index (χ1v) is 16.7. The van der Waals surface area contributed by atoms with Crippen molar-refractivity contribution in [3.8, 4) is 0 Å². The minimum Gasteiger partial charge on any atom is -0.344 e. The van der Waals surface area contributed by atoms with E-state index in [0.717, 1.165) is 77.0 Å². The second kappa shape index (κ2) is 12.3. The van der Waals surface area contributed by atoms with Crippen molar-refractivity contribution < 1.29 is 24.0 Å². The first kappa shape index (κ1) is 31.0. The van der Waals surface area contributed by atoms with E-state index in [4.69, 9.17) is 0 Å². The Morgan fingerprint density at radius 2 is 1.52 bits per heavy atom. The molecule has 0 spiro atoms. The van der Waals surface area contributed by atoms with Gasteiger partial charge in [0.1, 0.15) is 12.1 Å². The number of rotatable bonds is 11. The van der Waals surface area contributed by atoms with Crippen LogP contribution in [0.5, 0.6) is 0 Å². The molecule has 9 nitrogen and oxygen atoms in total. The summed E-state index contributed by atoms with van der Waals surface area (Å²) in [6.45, 7) is 8.09. The lowest BCUT2D eigenvalue weighted by Crippen LogP contribution is -2.62. The third-order valence-electron chi connectivity index (χ3n) is 11.5. The highest BCUT2D eigenvalue weighted by Crippen LogP contribution is 2.65. The van der Waals surface area contributed by atoms with E-state index in [9.17, 15) is 24.0 Å². The van der Waals surface area contributed by atoms with Crippen LogP contribution in [-0.4, -0.2) is 64.5 Å². The monoisotopic (exact) mass is 584 g/mol. The number of Topliss-reactive ketones (excluding diaryl/α,β-unsaturated/α-hetero) is 2. The summed E-state index contributed by atoms with van der Waals surface area (Å²) in [6, 6.07) is -2.54. The van der Waals surface area contributed by atoms with Gasteiger partial charge in [-0.15, -0.1) is 0 Å². The Kier molecular flexibility index (Phi) is 9.06. The summed E-state index contributed by atoms with van der Waals surface area (Å²) in [5.74, 6) is -1.11. The molecule has 0 aromatic rings. The maximum absolute atomic E-state index is 14.4. The van der Waals surface area contributed by atoms with Crippen molar-refractivity contribution in [3.05, 3.63) is 0 Å². The molecule has 1 aliphatic heterocycles. The number of hydrogen-bond donors (Lipinski definition) is 3. The van der Waals surface area contributed by atoms with Crippen molar-refractivity contribution in [1.29, 1.82) is 0 Å². The lowest BCUT2D eigenvalue weighted by Gasteiger charge is -2.40. The Labute approximate surface area is 251 Å². The summed E-state index contributed by atoms with van der Waals surface area (Å²) in [6.07, 6.45) is 13.5. The number of hydrogen-bond acceptors (Lipinski definition) is 5. The molecule has 4 saturated carbocycles. The van der Waals surface area contributed by atoms with E-state index in [1.165, 1.54) is 13.3 Å². The number of fused-ring (bicyclic) bond motifs is 1. The molecular formula is C33H52N4O5. The molecule has 9 heteroatoms. The summed E-state index contributed by atoms with van der Waals surface area (Å²) in [7, 11) is 0. The van der Waals surface area contributed by atoms with Crippen LogP contribution in [-0.2, 0) is 19.2 Å². The summed E-state index contributed by atoms with van der Waals surface area (Å²) < 4.78 is 0. The van der Waals surface area contributed by atoms with Gasteiger partial charge in [-0.05, 0) is 67.6 Å². The molecule has 5 rings (SSSR count). The molecule has 1 heterocycles. The summed E-state index contributed by atoms with van der Waals surface area (Å²) in [5.41, 5.74) is -0.320. The molecule has 3 N–H and O–H groups in total. The van der Waals surface area contributed by atoms with Gasteiger partial charge in [-0.25, -0.2) is 4.79 Å². The molecule has 5 atom stereocenters. The van der Waals surface area contributed by atoms with Crippen LogP contribution in [0, 0.1) is 29.1 Å². The number of carbonyl (C=O) groups excluding carboxylic acids is 5. The molecule has 4 amide bonds. The maximum atomic E-state index is 14.4. The van der Waals surface area contributed by atoms with Crippen molar-refractivity contribution in [1.82, 2.24) is 20.9 Å².